The van der Waals surface area contributed by atoms with E-state index in [2.05, 4.69) is 25.2 Å². The van der Waals surface area contributed by atoms with E-state index < -0.39 is 0 Å². The maximum absolute atomic E-state index is 9.32. The van der Waals surface area contributed by atoms with Gasteiger partial charge in [-0.3, -0.25) is 0 Å². The summed E-state index contributed by atoms with van der Waals surface area (Å²) in [4.78, 5) is 1.09. The van der Waals surface area contributed by atoms with Gasteiger partial charge in [0.15, 0.2) is 0 Å². The Hall–Kier alpha value is -1.14. The Morgan fingerprint density at radius 1 is 1.10 bits per heavy atom. The summed E-state index contributed by atoms with van der Waals surface area (Å²) in [6.45, 7) is 5.32. The largest absolute Gasteiger partial charge is 0.384 e. The van der Waals surface area contributed by atoms with Crippen LogP contribution >= 0.6 is 11.8 Å². The third-order valence-electron chi connectivity index (χ3n) is 3.28. The van der Waals surface area contributed by atoms with Gasteiger partial charge in [-0.2, -0.15) is 5.26 Å². The molecule has 1 aromatic carbocycles. The topological polar surface area (TPSA) is 35.8 Å². The molecule has 20 heavy (non-hydrogen) atoms. The van der Waals surface area contributed by atoms with Gasteiger partial charge in [-0.15, -0.1) is 11.8 Å². The minimum Gasteiger partial charge on any atom is -0.384 e. The number of hydrogen-bond acceptors (Lipinski definition) is 3. The van der Waals surface area contributed by atoms with Gasteiger partial charge >= 0.3 is 0 Å². The zero-order valence-corrected chi connectivity index (χ0v) is 13.6. The summed E-state index contributed by atoms with van der Waals surface area (Å²) < 4.78 is 0. The summed E-state index contributed by atoms with van der Waals surface area (Å²) in [7, 11) is 0. The van der Waals surface area contributed by atoms with Gasteiger partial charge in [0.05, 0.1) is 11.3 Å². The van der Waals surface area contributed by atoms with Crippen LogP contribution in [0.1, 0.15) is 57.9 Å². The Labute approximate surface area is 128 Å². The molecule has 1 rings (SSSR count). The summed E-state index contributed by atoms with van der Waals surface area (Å²) in [5.41, 5.74) is 1.78. The lowest BCUT2D eigenvalue weighted by Gasteiger charge is -2.11. The molecule has 0 unspecified atom stereocenters. The Morgan fingerprint density at radius 2 is 1.85 bits per heavy atom. The van der Waals surface area contributed by atoms with Gasteiger partial charge in [0.25, 0.3) is 0 Å². The van der Waals surface area contributed by atoms with Gasteiger partial charge in [-0.25, -0.2) is 0 Å². The summed E-state index contributed by atoms with van der Waals surface area (Å²) in [5, 5.41) is 12.7. The molecule has 0 saturated carbocycles. The number of nitrogens with one attached hydrogen (secondary N) is 1. The van der Waals surface area contributed by atoms with E-state index in [1.807, 2.05) is 18.2 Å². The van der Waals surface area contributed by atoms with Crippen LogP contribution in [0.15, 0.2) is 23.1 Å². The maximum Gasteiger partial charge on any atom is 0.102 e. The lowest BCUT2D eigenvalue weighted by atomic mass is 10.1. The molecule has 0 aliphatic rings. The van der Waals surface area contributed by atoms with Crippen LogP contribution < -0.4 is 5.32 Å². The first-order valence-electron chi connectivity index (χ1n) is 7.73. The molecule has 0 heterocycles. The maximum atomic E-state index is 9.32. The van der Waals surface area contributed by atoms with E-state index in [-0.39, 0.29) is 0 Å². The number of unbranched alkanes of at least 4 members (excludes halogenated alkanes) is 5. The number of nitrogens with zero attached hydrogens (tertiary/aromatic N) is 1. The van der Waals surface area contributed by atoms with Gasteiger partial charge in [0.1, 0.15) is 6.07 Å². The van der Waals surface area contributed by atoms with Gasteiger partial charge in [0.2, 0.25) is 0 Å². The molecular weight excluding hydrogens is 264 g/mol. The molecule has 0 saturated heterocycles. The molecule has 0 radical (unpaired) electrons. The molecule has 110 valence electrons. The molecule has 0 aromatic heterocycles. The monoisotopic (exact) mass is 290 g/mol. The van der Waals surface area contributed by atoms with Crippen LogP contribution in [0, 0.1) is 11.3 Å². The van der Waals surface area contributed by atoms with Crippen molar-refractivity contribution in [1.82, 2.24) is 0 Å². The summed E-state index contributed by atoms with van der Waals surface area (Å²) in [6, 6.07) is 8.40. The molecule has 0 spiro atoms. The third kappa shape index (κ3) is 5.88. The summed E-state index contributed by atoms with van der Waals surface area (Å²) in [6.07, 6.45) is 7.78. The Morgan fingerprint density at radius 3 is 2.55 bits per heavy atom. The highest BCUT2D eigenvalue weighted by molar-refractivity contribution is 7.99. The second-order valence-corrected chi connectivity index (χ2v) is 6.22. The van der Waals surface area contributed by atoms with Gasteiger partial charge in [-0.1, -0.05) is 52.0 Å². The predicted molar refractivity (Wildman–Crippen MR) is 89.4 cm³/mol. The number of benzene rings is 1. The van der Waals surface area contributed by atoms with E-state index in [0.717, 1.165) is 28.4 Å². The number of hydrogen-bond donors (Lipinski definition) is 1. The molecule has 0 atom stereocenters. The van der Waals surface area contributed by atoms with Gasteiger partial charge < -0.3 is 5.32 Å². The Bertz CT molecular complexity index is 423. The molecule has 2 nitrogen and oxygen atoms in total. The van der Waals surface area contributed by atoms with E-state index >= 15 is 0 Å². The van der Waals surface area contributed by atoms with E-state index in [1.54, 1.807) is 11.8 Å². The molecule has 0 aliphatic heterocycles. The Kier molecular flexibility index (Phi) is 8.98. The summed E-state index contributed by atoms with van der Waals surface area (Å²) >= 11 is 1.73. The van der Waals surface area contributed by atoms with E-state index in [1.165, 1.54) is 38.5 Å². The van der Waals surface area contributed by atoms with Gasteiger partial charge in [-0.05, 0) is 24.3 Å². The molecule has 0 bridgehead atoms. The van der Waals surface area contributed by atoms with Crippen molar-refractivity contribution in [1.29, 1.82) is 5.26 Å². The summed E-state index contributed by atoms with van der Waals surface area (Å²) in [5.74, 6) is 0.996. The normalized spacial score (nSPS) is 10.2. The highest BCUT2D eigenvalue weighted by Gasteiger charge is 2.07. The minimum absolute atomic E-state index is 0.797. The first kappa shape index (κ1) is 16.9. The highest BCUT2D eigenvalue weighted by Crippen LogP contribution is 2.27. The van der Waals surface area contributed by atoms with Crippen molar-refractivity contribution < 1.29 is 0 Å². The number of anilines is 1. The molecule has 3 heteroatoms. The fraction of sp³-hybridized carbons (Fsp3) is 0.588. The standard InChI is InChI=1S/C17H26N2S/c1-3-5-6-7-8-9-13-19-16-11-10-12-17(20-4-2)15(16)14-18/h10-12,19H,3-9,13H2,1-2H3. The zero-order chi connectivity index (χ0) is 14.6. The van der Waals surface area contributed by atoms with Crippen LogP contribution in [-0.2, 0) is 0 Å². The first-order chi connectivity index (χ1) is 9.83. The van der Waals surface area contributed by atoms with Crippen molar-refractivity contribution in [2.24, 2.45) is 0 Å². The van der Waals surface area contributed by atoms with Crippen LogP contribution in [0.3, 0.4) is 0 Å². The molecule has 1 N–H and O–H groups in total. The predicted octanol–water partition coefficient (Wildman–Crippen LogP) is 5.44. The molecule has 0 aliphatic carbocycles. The molecule has 0 amide bonds. The van der Waals surface area contributed by atoms with Crippen molar-refractivity contribution >= 4 is 17.4 Å². The smallest absolute Gasteiger partial charge is 0.102 e. The third-order valence-corrected chi connectivity index (χ3v) is 4.22. The lowest BCUT2D eigenvalue weighted by Crippen LogP contribution is -2.03. The lowest BCUT2D eigenvalue weighted by molar-refractivity contribution is 0.617. The quantitative estimate of drug-likeness (QED) is 0.460. The fourth-order valence-corrected chi connectivity index (χ4v) is 2.98. The molecule has 1 aromatic rings. The average molecular weight is 290 g/mol. The van der Waals surface area contributed by atoms with E-state index in [9.17, 15) is 5.26 Å². The van der Waals surface area contributed by atoms with Gasteiger partial charge in [0, 0.05) is 11.4 Å². The van der Waals surface area contributed by atoms with E-state index in [0.29, 0.717) is 0 Å². The van der Waals surface area contributed by atoms with Crippen molar-refractivity contribution in [2.45, 2.75) is 57.3 Å². The fourth-order valence-electron chi connectivity index (χ4n) is 2.20. The highest BCUT2D eigenvalue weighted by atomic mass is 32.2. The van der Waals surface area contributed by atoms with Crippen molar-refractivity contribution in [3.63, 3.8) is 0 Å². The van der Waals surface area contributed by atoms with Crippen LogP contribution in [0.4, 0.5) is 5.69 Å². The second kappa shape index (κ2) is 10.6. The van der Waals surface area contributed by atoms with Crippen LogP contribution in [-0.4, -0.2) is 12.3 Å². The second-order valence-electron chi connectivity index (χ2n) is 4.92. The first-order valence-corrected chi connectivity index (χ1v) is 8.71. The minimum atomic E-state index is 0.797. The van der Waals surface area contributed by atoms with Crippen LogP contribution in [0.5, 0.6) is 0 Å². The molecule has 0 fully saturated rings. The van der Waals surface area contributed by atoms with E-state index in [4.69, 9.17) is 0 Å². The number of thioether (sulfide) groups is 1. The Balaban J connectivity index is 2.40. The zero-order valence-electron chi connectivity index (χ0n) is 12.7. The van der Waals surface area contributed by atoms with Crippen LogP contribution in [0.25, 0.3) is 0 Å². The number of nitriles is 1. The average Bonchev–Trinajstić information content (AvgIpc) is 2.47. The SMILES string of the molecule is CCCCCCCCNc1cccc(SCC)c1C#N. The van der Waals surface area contributed by atoms with Crippen molar-refractivity contribution in [3.8, 4) is 6.07 Å². The van der Waals surface area contributed by atoms with Crippen molar-refractivity contribution in [3.05, 3.63) is 23.8 Å². The van der Waals surface area contributed by atoms with Crippen LogP contribution in [0.2, 0.25) is 0 Å². The molecular formula is C17H26N2S. The number of rotatable bonds is 10. The van der Waals surface area contributed by atoms with Crippen molar-refractivity contribution in [2.75, 3.05) is 17.6 Å².